The summed E-state index contributed by atoms with van der Waals surface area (Å²) in [7, 11) is -1.70. The highest BCUT2D eigenvalue weighted by Crippen LogP contribution is 2.36. The summed E-state index contributed by atoms with van der Waals surface area (Å²) >= 11 is 0. The van der Waals surface area contributed by atoms with Crippen molar-refractivity contribution in [2.24, 2.45) is 5.92 Å². The van der Waals surface area contributed by atoms with Gasteiger partial charge in [-0.3, -0.25) is 0 Å². The van der Waals surface area contributed by atoms with Crippen molar-refractivity contribution in [2.75, 3.05) is 6.61 Å². The molecule has 1 N–H and O–H groups in total. The lowest BCUT2D eigenvalue weighted by Crippen LogP contribution is -2.42. The molecule has 0 aliphatic carbocycles. The Hall–Kier alpha value is -0.303. The fraction of sp³-hybridized carbons (Fsp3) is 0.867. The van der Waals surface area contributed by atoms with Crippen LogP contribution in [0.4, 0.5) is 0 Å². The summed E-state index contributed by atoms with van der Waals surface area (Å²) < 4.78 is 6.12. The Balaban J connectivity index is 4.10. The molecule has 0 unspecified atom stereocenters. The molecule has 0 aromatic carbocycles. The molecule has 2 atom stereocenters. The molecule has 2 nitrogen and oxygen atoms in total. The minimum absolute atomic E-state index is 0.178. The molecule has 0 rings (SSSR count). The maximum Gasteiger partial charge on any atom is 0.191 e. The standard InChI is InChI=1S/C15H30O2Si/c1-8-9-10-11-14(16)13(2)12-17-18(6,7)15(3,4)5/h1,13-14,16H,9-12H2,2-7H3/t13-,14-/m0/s1. The van der Waals surface area contributed by atoms with Gasteiger partial charge < -0.3 is 9.53 Å². The van der Waals surface area contributed by atoms with Crippen LogP contribution in [0, 0.1) is 18.3 Å². The van der Waals surface area contributed by atoms with Crippen LogP contribution in [0.3, 0.4) is 0 Å². The quantitative estimate of drug-likeness (QED) is 0.433. The number of aliphatic hydroxyl groups is 1. The summed E-state index contributed by atoms with van der Waals surface area (Å²) in [5, 5.41) is 10.2. The Morgan fingerprint density at radius 3 is 2.33 bits per heavy atom. The number of hydrogen-bond acceptors (Lipinski definition) is 2. The normalized spacial score (nSPS) is 16.1. The predicted molar refractivity (Wildman–Crippen MR) is 81.0 cm³/mol. The van der Waals surface area contributed by atoms with Crippen molar-refractivity contribution in [3.63, 3.8) is 0 Å². The first kappa shape index (κ1) is 17.7. The third-order valence-corrected chi connectivity index (χ3v) is 8.49. The summed E-state index contributed by atoms with van der Waals surface area (Å²) in [4.78, 5) is 0. The van der Waals surface area contributed by atoms with Crippen LogP contribution in [0.5, 0.6) is 0 Å². The van der Waals surface area contributed by atoms with Gasteiger partial charge in [0.05, 0.1) is 6.10 Å². The number of hydrogen-bond donors (Lipinski definition) is 1. The van der Waals surface area contributed by atoms with Gasteiger partial charge in [-0.05, 0) is 31.0 Å². The largest absolute Gasteiger partial charge is 0.416 e. The maximum atomic E-state index is 10.0. The third kappa shape index (κ3) is 6.04. The van der Waals surface area contributed by atoms with E-state index in [4.69, 9.17) is 10.8 Å². The second-order valence-corrected chi connectivity index (χ2v) is 11.5. The first-order valence-corrected chi connectivity index (χ1v) is 9.78. The molecule has 106 valence electrons. The van der Waals surface area contributed by atoms with Crippen LogP contribution >= 0.6 is 0 Å². The van der Waals surface area contributed by atoms with Crippen LogP contribution in [0.15, 0.2) is 0 Å². The van der Waals surface area contributed by atoms with Crippen LogP contribution in [0.25, 0.3) is 0 Å². The first-order chi connectivity index (χ1) is 8.12. The molecule has 0 saturated carbocycles. The van der Waals surface area contributed by atoms with E-state index in [1.165, 1.54) is 0 Å². The van der Waals surface area contributed by atoms with E-state index >= 15 is 0 Å². The lowest BCUT2D eigenvalue weighted by atomic mass is 10.0. The molecular formula is C15H30O2Si. The molecule has 0 aliphatic heterocycles. The van der Waals surface area contributed by atoms with Crippen LogP contribution in [0.2, 0.25) is 18.1 Å². The zero-order chi connectivity index (χ0) is 14.4. The van der Waals surface area contributed by atoms with Crippen molar-refractivity contribution < 1.29 is 9.53 Å². The highest BCUT2D eigenvalue weighted by Gasteiger charge is 2.37. The predicted octanol–water partition coefficient (Wildman–Crippen LogP) is 3.81. The number of aliphatic hydroxyl groups excluding tert-OH is 1. The molecule has 0 aliphatic rings. The average molecular weight is 270 g/mol. The second kappa shape index (κ2) is 7.33. The highest BCUT2D eigenvalue weighted by molar-refractivity contribution is 6.74. The fourth-order valence-corrected chi connectivity index (χ4v) is 2.48. The Morgan fingerprint density at radius 1 is 1.33 bits per heavy atom. The molecule has 0 aromatic heterocycles. The molecular weight excluding hydrogens is 240 g/mol. The van der Waals surface area contributed by atoms with Crippen molar-refractivity contribution >= 4 is 8.32 Å². The van der Waals surface area contributed by atoms with Gasteiger partial charge in [-0.25, -0.2) is 0 Å². The molecule has 0 bridgehead atoms. The molecule has 0 amide bonds. The third-order valence-electron chi connectivity index (χ3n) is 3.99. The van der Waals surface area contributed by atoms with Crippen LogP contribution in [0.1, 0.15) is 47.0 Å². The molecule has 0 spiro atoms. The number of rotatable bonds is 7. The van der Waals surface area contributed by atoms with Gasteiger partial charge >= 0.3 is 0 Å². The second-order valence-electron chi connectivity index (χ2n) is 6.71. The number of terminal acetylenes is 1. The van der Waals surface area contributed by atoms with E-state index in [1.54, 1.807) is 0 Å². The van der Waals surface area contributed by atoms with Gasteiger partial charge in [-0.1, -0.05) is 27.7 Å². The highest BCUT2D eigenvalue weighted by atomic mass is 28.4. The monoisotopic (exact) mass is 270 g/mol. The SMILES string of the molecule is C#CCCC[C@H](O)[C@@H](C)CO[Si](C)(C)C(C)(C)C. The summed E-state index contributed by atoms with van der Waals surface area (Å²) in [6.45, 7) is 13.9. The van der Waals surface area contributed by atoms with Gasteiger partial charge in [0.2, 0.25) is 0 Å². The van der Waals surface area contributed by atoms with Gasteiger partial charge in [0.1, 0.15) is 0 Å². The fourth-order valence-electron chi connectivity index (χ4n) is 1.37. The van der Waals surface area contributed by atoms with Crippen LogP contribution in [-0.2, 0) is 4.43 Å². The van der Waals surface area contributed by atoms with E-state index in [2.05, 4.69) is 39.8 Å². The van der Waals surface area contributed by atoms with Crippen LogP contribution < -0.4 is 0 Å². The van der Waals surface area contributed by atoms with Gasteiger partial charge in [-0.15, -0.1) is 12.3 Å². The van der Waals surface area contributed by atoms with Gasteiger partial charge in [-0.2, -0.15) is 0 Å². The Kier molecular flexibility index (Phi) is 7.20. The van der Waals surface area contributed by atoms with Crippen molar-refractivity contribution in [2.45, 2.75) is 71.2 Å². The molecule has 0 fully saturated rings. The van der Waals surface area contributed by atoms with Crippen molar-refractivity contribution in [3.8, 4) is 12.3 Å². The van der Waals surface area contributed by atoms with E-state index in [9.17, 15) is 5.11 Å². The average Bonchev–Trinajstić information content (AvgIpc) is 2.24. The summed E-state index contributed by atoms with van der Waals surface area (Å²) in [5.41, 5.74) is 0. The Labute approximate surface area is 114 Å². The zero-order valence-corrected chi connectivity index (χ0v) is 13.9. The van der Waals surface area contributed by atoms with E-state index in [0.717, 1.165) is 19.3 Å². The zero-order valence-electron chi connectivity index (χ0n) is 12.9. The van der Waals surface area contributed by atoms with E-state index in [-0.39, 0.29) is 17.1 Å². The van der Waals surface area contributed by atoms with Gasteiger partial charge in [0, 0.05) is 18.9 Å². The van der Waals surface area contributed by atoms with Crippen molar-refractivity contribution in [1.29, 1.82) is 0 Å². The van der Waals surface area contributed by atoms with Gasteiger partial charge in [0.25, 0.3) is 0 Å². The molecule has 18 heavy (non-hydrogen) atoms. The molecule has 0 heterocycles. The van der Waals surface area contributed by atoms with Crippen molar-refractivity contribution in [3.05, 3.63) is 0 Å². The van der Waals surface area contributed by atoms with Crippen LogP contribution in [-0.4, -0.2) is 26.1 Å². The Morgan fingerprint density at radius 2 is 1.89 bits per heavy atom. The lowest BCUT2D eigenvalue weighted by molar-refractivity contribution is 0.0723. The first-order valence-electron chi connectivity index (χ1n) is 6.87. The minimum Gasteiger partial charge on any atom is -0.416 e. The molecule has 0 radical (unpaired) electrons. The molecule has 0 aromatic rings. The summed E-state index contributed by atoms with van der Waals surface area (Å²) in [6, 6.07) is 0. The summed E-state index contributed by atoms with van der Waals surface area (Å²) in [6.07, 6.45) is 7.30. The maximum absolute atomic E-state index is 10.0. The lowest BCUT2D eigenvalue weighted by Gasteiger charge is -2.37. The smallest absolute Gasteiger partial charge is 0.191 e. The topological polar surface area (TPSA) is 29.5 Å². The van der Waals surface area contributed by atoms with E-state index < -0.39 is 8.32 Å². The molecule has 3 heteroatoms. The minimum atomic E-state index is -1.70. The summed E-state index contributed by atoms with van der Waals surface area (Å²) in [5.74, 6) is 2.78. The molecule has 0 saturated heterocycles. The van der Waals surface area contributed by atoms with E-state index in [0.29, 0.717) is 6.61 Å². The number of unbranched alkanes of at least 4 members (excludes halogenated alkanes) is 1. The van der Waals surface area contributed by atoms with E-state index in [1.807, 2.05) is 6.92 Å². The van der Waals surface area contributed by atoms with Crippen molar-refractivity contribution in [1.82, 2.24) is 0 Å². The van der Waals surface area contributed by atoms with Gasteiger partial charge in [0.15, 0.2) is 8.32 Å². The Bertz CT molecular complexity index is 273.